The molecule has 4 aromatic rings. The monoisotopic (exact) mass is 479 g/mol. The summed E-state index contributed by atoms with van der Waals surface area (Å²) in [4.78, 5) is 0. The van der Waals surface area contributed by atoms with Gasteiger partial charge in [0.05, 0.1) is 21.3 Å². The van der Waals surface area contributed by atoms with Crippen LogP contribution in [0.25, 0.3) is 0 Å². The molecule has 0 aliphatic carbocycles. The van der Waals surface area contributed by atoms with Gasteiger partial charge in [0.25, 0.3) is 0 Å². The summed E-state index contributed by atoms with van der Waals surface area (Å²) in [6.07, 6.45) is 0. The van der Waals surface area contributed by atoms with Gasteiger partial charge in [0.15, 0.2) is 0 Å². The van der Waals surface area contributed by atoms with E-state index < -0.39 is 0 Å². The Morgan fingerprint density at radius 2 is 0.611 bits per heavy atom. The van der Waals surface area contributed by atoms with E-state index in [0.29, 0.717) is 0 Å². The van der Waals surface area contributed by atoms with Crippen molar-refractivity contribution >= 4 is 8.41 Å². The van der Waals surface area contributed by atoms with E-state index in [9.17, 15) is 0 Å². The molecule has 4 rings (SSSR count). The molecule has 0 aromatic heterocycles. The Bertz CT molecular complexity index is 1200. The minimum absolute atomic E-state index is 0. The van der Waals surface area contributed by atoms with E-state index in [2.05, 4.69) is 81.4 Å². The van der Waals surface area contributed by atoms with Gasteiger partial charge in [-0.2, -0.15) is 0 Å². The standard InChI is InChI=1S/C32H34O3.BH2/c1-31(2,24-11-17-28(33-4)18-12-24)23-7-9-25(10-8-23)32(3,26-13-19-29(34-5)20-14-26)27-15-21-30(35-6)22-16-27;/h7-22H,1-6H3;1H2/q;-1. The van der Waals surface area contributed by atoms with Crippen LogP contribution >= 0.6 is 0 Å². The van der Waals surface area contributed by atoms with Crippen LogP contribution in [0.1, 0.15) is 48.6 Å². The quantitative estimate of drug-likeness (QED) is 0.214. The second-order valence-corrected chi connectivity index (χ2v) is 9.51. The van der Waals surface area contributed by atoms with Gasteiger partial charge >= 0.3 is 0 Å². The summed E-state index contributed by atoms with van der Waals surface area (Å²) < 4.78 is 16.2. The van der Waals surface area contributed by atoms with E-state index in [0.717, 1.165) is 17.2 Å². The minimum atomic E-state index is -0.346. The number of rotatable bonds is 8. The maximum atomic E-state index is 5.41. The van der Waals surface area contributed by atoms with Crippen LogP contribution in [0.2, 0.25) is 0 Å². The van der Waals surface area contributed by atoms with Gasteiger partial charge in [-0.15, -0.1) is 0 Å². The number of ether oxygens (including phenoxy) is 3. The average molecular weight is 479 g/mol. The Kier molecular flexibility index (Phi) is 8.19. The van der Waals surface area contributed by atoms with Crippen molar-refractivity contribution in [1.82, 2.24) is 0 Å². The van der Waals surface area contributed by atoms with Gasteiger partial charge in [0.2, 0.25) is 0 Å². The molecule has 0 N–H and O–H groups in total. The zero-order chi connectivity index (χ0) is 25.1. The Morgan fingerprint density at radius 3 is 0.889 bits per heavy atom. The van der Waals surface area contributed by atoms with Gasteiger partial charge < -0.3 is 22.6 Å². The number of hydrogen-bond donors (Lipinski definition) is 0. The summed E-state index contributed by atoms with van der Waals surface area (Å²) >= 11 is 0. The molecular formula is C32H36BO3-. The maximum Gasteiger partial charge on any atom is 0.118 e. The fourth-order valence-corrected chi connectivity index (χ4v) is 4.74. The number of benzene rings is 4. The summed E-state index contributed by atoms with van der Waals surface area (Å²) in [7, 11) is 5.09. The lowest BCUT2D eigenvalue weighted by Crippen LogP contribution is -2.26. The average Bonchev–Trinajstić information content (AvgIpc) is 2.92. The van der Waals surface area contributed by atoms with Gasteiger partial charge in [-0.25, -0.2) is 0 Å². The van der Waals surface area contributed by atoms with Crippen LogP contribution in [-0.4, -0.2) is 29.7 Å². The largest absolute Gasteiger partial charge is 0.497 e. The van der Waals surface area contributed by atoms with E-state index in [-0.39, 0.29) is 19.2 Å². The normalized spacial score (nSPS) is 11.4. The second-order valence-electron chi connectivity index (χ2n) is 9.51. The van der Waals surface area contributed by atoms with Crippen molar-refractivity contribution < 1.29 is 14.2 Å². The fourth-order valence-electron chi connectivity index (χ4n) is 4.74. The van der Waals surface area contributed by atoms with Crippen LogP contribution in [0.15, 0.2) is 97.1 Å². The molecule has 0 unspecified atom stereocenters. The zero-order valence-corrected chi connectivity index (χ0v) is 22.5. The van der Waals surface area contributed by atoms with Crippen LogP contribution in [0.4, 0.5) is 0 Å². The Morgan fingerprint density at radius 1 is 0.389 bits per heavy atom. The Balaban J connectivity index is 0.00000361. The highest BCUT2D eigenvalue weighted by Crippen LogP contribution is 2.41. The predicted molar refractivity (Wildman–Crippen MR) is 152 cm³/mol. The van der Waals surface area contributed by atoms with Crippen molar-refractivity contribution in [3.63, 3.8) is 0 Å². The van der Waals surface area contributed by atoms with Gasteiger partial charge in [-0.3, -0.25) is 0 Å². The van der Waals surface area contributed by atoms with Gasteiger partial charge in [0, 0.05) is 10.8 Å². The molecule has 36 heavy (non-hydrogen) atoms. The van der Waals surface area contributed by atoms with E-state index in [1.807, 2.05) is 36.4 Å². The first-order valence-corrected chi connectivity index (χ1v) is 11.9. The van der Waals surface area contributed by atoms with Crippen molar-refractivity contribution in [3.8, 4) is 17.2 Å². The third-order valence-corrected chi connectivity index (χ3v) is 7.33. The van der Waals surface area contributed by atoms with Crippen LogP contribution in [0.3, 0.4) is 0 Å². The van der Waals surface area contributed by atoms with E-state index >= 15 is 0 Å². The highest BCUT2D eigenvalue weighted by atomic mass is 16.5. The fraction of sp³-hybridized carbons (Fsp3) is 0.250. The third-order valence-electron chi connectivity index (χ3n) is 7.33. The first kappa shape index (κ1) is 26.9. The zero-order valence-electron chi connectivity index (χ0n) is 22.5. The van der Waals surface area contributed by atoms with Gasteiger partial charge in [-0.1, -0.05) is 74.5 Å². The molecule has 186 valence electrons. The second kappa shape index (κ2) is 10.9. The topological polar surface area (TPSA) is 27.7 Å². The van der Waals surface area contributed by atoms with Crippen molar-refractivity contribution in [2.24, 2.45) is 0 Å². The molecule has 0 atom stereocenters. The van der Waals surface area contributed by atoms with E-state index in [1.54, 1.807) is 21.3 Å². The molecule has 0 fully saturated rings. The number of methoxy groups -OCH3 is 3. The lowest BCUT2D eigenvalue weighted by atomic mass is 9.70. The molecule has 0 aliphatic rings. The van der Waals surface area contributed by atoms with Crippen molar-refractivity contribution in [3.05, 3.63) is 125 Å². The van der Waals surface area contributed by atoms with Crippen molar-refractivity contribution in [2.75, 3.05) is 21.3 Å². The van der Waals surface area contributed by atoms with E-state index in [4.69, 9.17) is 14.2 Å². The first-order valence-electron chi connectivity index (χ1n) is 11.9. The predicted octanol–water partition coefficient (Wildman–Crippen LogP) is 6.48. The third kappa shape index (κ3) is 4.99. The summed E-state index contributed by atoms with van der Waals surface area (Å²) in [5.41, 5.74) is 5.65. The summed E-state index contributed by atoms with van der Waals surface area (Å²) in [5.74, 6) is 2.57. The van der Waals surface area contributed by atoms with Gasteiger partial charge in [0.1, 0.15) is 17.2 Å². The molecule has 0 bridgehead atoms. The lowest BCUT2D eigenvalue weighted by molar-refractivity contribution is 0.414. The van der Waals surface area contributed by atoms with Crippen LogP contribution in [-0.2, 0) is 10.8 Å². The molecule has 3 nitrogen and oxygen atoms in total. The summed E-state index contributed by atoms with van der Waals surface area (Å²) in [5, 5.41) is 0. The highest BCUT2D eigenvalue weighted by molar-refractivity contribution is 5.75. The first-order chi connectivity index (χ1) is 16.8. The van der Waals surface area contributed by atoms with Gasteiger partial charge in [-0.05, 0) is 71.1 Å². The molecule has 0 saturated carbocycles. The van der Waals surface area contributed by atoms with Crippen LogP contribution in [0.5, 0.6) is 17.2 Å². The molecule has 4 heteroatoms. The molecule has 0 aliphatic heterocycles. The molecule has 2 radical (unpaired) electrons. The Labute approximate surface area is 217 Å². The van der Waals surface area contributed by atoms with Crippen LogP contribution in [0, 0.1) is 0 Å². The van der Waals surface area contributed by atoms with Crippen molar-refractivity contribution in [1.29, 1.82) is 0 Å². The SMILES string of the molecule is COc1ccc(C(C)(C)c2ccc(C(C)(c3ccc(OC)cc3)c3ccc(OC)cc3)cc2)cc1.[BH2-]. The summed E-state index contributed by atoms with van der Waals surface area (Å²) in [6, 6.07) is 34.1. The molecule has 0 heterocycles. The number of hydrogen-bond acceptors (Lipinski definition) is 3. The Hall–Kier alpha value is -3.66. The van der Waals surface area contributed by atoms with E-state index in [1.165, 1.54) is 27.8 Å². The molecule has 0 saturated heterocycles. The van der Waals surface area contributed by atoms with Crippen LogP contribution < -0.4 is 14.2 Å². The highest BCUT2D eigenvalue weighted by Gasteiger charge is 2.32. The maximum absolute atomic E-state index is 5.41. The lowest BCUT2D eigenvalue weighted by Gasteiger charge is -2.33. The van der Waals surface area contributed by atoms with Crippen molar-refractivity contribution in [2.45, 2.75) is 31.6 Å². The molecule has 0 amide bonds. The minimum Gasteiger partial charge on any atom is -0.497 e. The smallest absolute Gasteiger partial charge is 0.118 e. The molecular weight excluding hydrogens is 443 g/mol. The summed E-state index contributed by atoms with van der Waals surface area (Å²) in [6.45, 7) is 6.80. The molecule has 0 spiro atoms. The molecule has 4 aromatic carbocycles.